The van der Waals surface area contributed by atoms with Crippen LogP contribution in [0.15, 0.2) is 29.2 Å². The molecule has 2 nitrogen and oxygen atoms in total. The van der Waals surface area contributed by atoms with Crippen molar-refractivity contribution in [1.29, 1.82) is 0 Å². The van der Waals surface area contributed by atoms with Gasteiger partial charge in [-0.05, 0) is 37.1 Å². The predicted octanol–water partition coefficient (Wildman–Crippen LogP) is 4.46. The van der Waals surface area contributed by atoms with Crippen LogP contribution < -0.4 is 0 Å². The van der Waals surface area contributed by atoms with Crippen LogP contribution in [0.25, 0.3) is 0 Å². The van der Waals surface area contributed by atoms with Crippen LogP contribution in [-0.2, 0) is 9.84 Å². The molecule has 0 saturated heterocycles. The summed E-state index contributed by atoms with van der Waals surface area (Å²) in [6.07, 6.45) is 5.12. The third-order valence-electron chi connectivity index (χ3n) is 2.72. The minimum atomic E-state index is -3.14. The predicted molar refractivity (Wildman–Crippen MR) is 80.4 cm³/mol. The molecule has 0 bridgehead atoms. The second kappa shape index (κ2) is 8.18. The Labute approximate surface area is 123 Å². The first-order valence-corrected chi connectivity index (χ1v) is 9.26. The zero-order valence-corrected chi connectivity index (χ0v) is 13.4. The van der Waals surface area contributed by atoms with Crippen LogP contribution in [0.1, 0.15) is 32.1 Å². The summed E-state index contributed by atoms with van der Waals surface area (Å²) in [5, 5.41) is 1.58. The summed E-state index contributed by atoms with van der Waals surface area (Å²) in [4.78, 5) is 0.368. The molecule has 0 atom stereocenters. The van der Waals surface area contributed by atoms with Gasteiger partial charge in [0.2, 0.25) is 0 Å². The van der Waals surface area contributed by atoms with Crippen molar-refractivity contribution in [2.75, 3.05) is 11.1 Å². The van der Waals surface area contributed by atoms with Crippen molar-refractivity contribution in [2.45, 2.75) is 37.0 Å². The molecule has 0 heterocycles. The molecular formula is C13H18BrClO2S. The van der Waals surface area contributed by atoms with Crippen molar-refractivity contribution >= 4 is 37.4 Å². The van der Waals surface area contributed by atoms with E-state index in [1.54, 1.807) is 24.3 Å². The van der Waals surface area contributed by atoms with Gasteiger partial charge in [0.1, 0.15) is 0 Å². The molecule has 0 aliphatic rings. The largest absolute Gasteiger partial charge is 0.224 e. The molecule has 0 N–H and O–H groups in total. The van der Waals surface area contributed by atoms with E-state index in [1.165, 1.54) is 0 Å². The van der Waals surface area contributed by atoms with Gasteiger partial charge in [-0.25, -0.2) is 8.42 Å². The monoisotopic (exact) mass is 352 g/mol. The first-order chi connectivity index (χ1) is 8.56. The van der Waals surface area contributed by atoms with Crippen LogP contribution in [0.4, 0.5) is 0 Å². The van der Waals surface area contributed by atoms with Gasteiger partial charge < -0.3 is 0 Å². The third-order valence-corrected chi connectivity index (χ3v) is 5.35. The maximum atomic E-state index is 12.0. The zero-order chi connectivity index (χ0) is 13.4. The van der Waals surface area contributed by atoms with Gasteiger partial charge in [0, 0.05) is 10.4 Å². The quantitative estimate of drug-likeness (QED) is 0.511. The van der Waals surface area contributed by atoms with Crippen molar-refractivity contribution in [3.8, 4) is 0 Å². The van der Waals surface area contributed by atoms with E-state index in [0.29, 0.717) is 9.92 Å². The van der Waals surface area contributed by atoms with Gasteiger partial charge in [0.15, 0.2) is 9.84 Å². The van der Waals surface area contributed by atoms with Gasteiger partial charge in [-0.3, -0.25) is 0 Å². The van der Waals surface area contributed by atoms with E-state index in [0.717, 1.165) is 37.4 Å². The molecule has 0 aromatic heterocycles. The average molecular weight is 354 g/mol. The van der Waals surface area contributed by atoms with Gasteiger partial charge in [-0.1, -0.05) is 46.8 Å². The molecule has 0 aliphatic heterocycles. The maximum Gasteiger partial charge on any atom is 0.178 e. The van der Waals surface area contributed by atoms with E-state index in [2.05, 4.69) is 15.9 Å². The molecule has 5 heteroatoms. The maximum absolute atomic E-state index is 12.0. The summed E-state index contributed by atoms with van der Waals surface area (Å²) in [7, 11) is -3.14. The minimum absolute atomic E-state index is 0.225. The molecule has 0 aliphatic carbocycles. The molecule has 0 saturated carbocycles. The number of halogens is 2. The molecule has 0 spiro atoms. The van der Waals surface area contributed by atoms with E-state index < -0.39 is 9.84 Å². The lowest BCUT2D eigenvalue weighted by Gasteiger charge is -2.04. The van der Waals surface area contributed by atoms with Crippen molar-refractivity contribution in [3.63, 3.8) is 0 Å². The van der Waals surface area contributed by atoms with E-state index in [-0.39, 0.29) is 5.75 Å². The third kappa shape index (κ3) is 5.72. The number of sulfone groups is 1. The highest BCUT2D eigenvalue weighted by molar-refractivity contribution is 9.09. The first kappa shape index (κ1) is 16.0. The first-order valence-electron chi connectivity index (χ1n) is 6.10. The lowest BCUT2D eigenvalue weighted by atomic mass is 10.2. The Morgan fingerprint density at radius 3 is 2.11 bits per heavy atom. The van der Waals surface area contributed by atoms with Gasteiger partial charge in [0.05, 0.1) is 10.6 Å². The van der Waals surface area contributed by atoms with E-state index in [4.69, 9.17) is 11.6 Å². The number of rotatable bonds is 8. The minimum Gasteiger partial charge on any atom is -0.224 e. The lowest BCUT2D eigenvalue weighted by Crippen LogP contribution is -2.06. The lowest BCUT2D eigenvalue weighted by molar-refractivity contribution is 0.587. The van der Waals surface area contributed by atoms with Crippen molar-refractivity contribution in [2.24, 2.45) is 0 Å². The van der Waals surface area contributed by atoms with Crippen LogP contribution in [0.3, 0.4) is 0 Å². The Hall–Kier alpha value is -0.0600. The van der Waals surface area contributed by atoms with E-state index in [9.17, 15) is 8.42 Å². The fourth-order valence-electron chi connectivity index (χ4n) is 1.68. The Bertz CT molecular complexity index is 443. The van der Waals surface area contributed by atoms with E-state index >= 15 is 0 Å². The molecule has 0 amide bonds. The fourth-order valence-corrected chi connectivity index (χ4v) is 3.57. The molecule has 0 radical (unpaired) electrons. The van der Waals surface area contributed by atoms with Crippen LogP contribution in [0.2, 0.25) is 5.02 Å². The summed E-state index contributed by atoms with van der Waals surface area (Å²) >= 11 is 9.12. The fraction of sp³-hybridized carbons (Fsp3) is 0.538. The second-order valence-electron chi connectivity index (χ2n) is 4.23. The highest BCUT2D eigenvalue weighted by Crippen LogP contribution is 2.17. The summed E-state index contributed by atoms with van der Waals surface area (Å²) in [5.74, 6) is 0.225. The van der Waals surface area contributed by atoms with Gasteiger partial charge in [-0.2, -0.15) is 0 Å². The highest BCUT2D eigenvalue weighted by Gasteiger charge is 2.13. The Morgan fingerprint density at radius 2 is 1.50 bits per heavy atom. The smallest absolute Gasteiger partial charge is 0.178 e. The summed E-state index contributed by atoms with van der Waals surface area (Å²) in [5.41, 5.74) is 0. The van der Waals surface area contributed by atoms with Crippen LogP contribution in [0.5, 0.6) is 0 Å². The van der Waals surface area contributed by atoms with Crippen molar-refractivity contribution in [3.05, 3.63) is 29.3 Å². The molecule has 0 unspecified atom stereocenters. The number of hydrogen-bond donors (Lipinski definition) is 0. The van der Waals surface area contributed by atoms with Crippen LogP contribution >= 0.6 is 27.5 Å². The average Bonchev–Trinajstić information content (AvgIpc) is 2.34. The van der Waals surface area contributed by atoms with Gasteiger partial charge >= 0.3 is 0 Å². The molecule has 1 aromatic rings. The topological polar surface area (TPSA) is 34.1 Å². The Balaban J connectivity index is 2.38. The number of hydrogen-bond acceptors (Lipinski definition) is 2. The Morgan fingerprint density at radius 1 is 0.944 bits per heavy atom. The summed E-state index contributed by atoms with van der Waals surface area (Å²) < 4.78 is 24.0. The van der Waals surface area contributed by atoms with Crippen LogP contribution in [0, 0.1) is 0 Å². The van der Waals surface area contributed by atoms with E-state index in [1.807, 2.05) is 0 Å². The summed E-state index contributed by atoms with van der Waals surface area (Å²) in [6.45, 7) is 0. The molecule has 1 rings (SSSR count). The SMILES string of the molecule is O=S(=O)(CCCCCCCBr)c1ccc(Cl)cc1. The normalized spacial score (nSPS) is 11.7. The molecule has 0 fully saturated rings. The van der Waals surface area contributed by atoms with Crippen molar-refractivity contribution < 1.29 is 8.42 Å². The number of unbranched alkanes of at least 4 members (excludes halogenated alkanes) is 4. The Kier molecular flexibility index (Phi) is 7.27. The molecule has 102 valence electrons. The molecule has 18 heavy (non-hydrogen) atoms. The highest BCUT2D eigenvalue weighted by atomic mass is 79.9. The molecular weight excluding hydrogens is 336 g/mol. The standard InChI is InChI=1S/C13H18BrClO2S/c14-10-4-2-1-3-5-11-18(16,17)13-8-6-12(15)7-9-13/h6-9H,1-5,10-11H2. The zero-order valence-electron chi connectivity index (χ0n) is 10.2. The number of alkyl halides is 1. The summed E-state index contributed by atoms with van der Waals surface area (Å²) in [6, 6.07) is 6.37. The number of benzene rings is 1. The second-order valence-corrected chi connectivity index (χ2v) is 7.57. The van der Waals surface area contributed by atoms with Gasteiger partial charge in [0.25, 0.3) is 0 Å². The molecule has 1 aromatic carbocycles. The van der Waals surface area contributed by atoms with Gasteiger partial charge in [-0.15, -0.1) is 0 Å². The van der Waals surface area contributed by atoms with Crippen LogP contribution in [-0.4, -0.2) is 19.5 Å². The van der Waals surface area contributed by atoms with Crippen molar-refractivity contribution in [1.82, 2.24) is 0 Å².